The Morgan fingerprint density at radius 2 is 1.61 bits per heavy atom. The van der Waals surface area contributed by atoms with Crippen molar-refractivity contribution < 1.29 is 4.39 Å². The third-order valence-electron chi connectivity index (χ3n) is 9.46. The first kappa shape index (κ1) is 26.3. The zero-order valence-corrected chi connectivity index (χ0v) is 23.4. The van der Waals surface area contributed by atoms with E-state index < -0.39 is 5.67 Å². The summed E-state index contributed by atoms with van der Waals surface area (Å²) in [6.07, 6.45) is 23.5. The summed E-state index contributed by atoms with van der Waals surface area (Å²) < 4.78 is 15.2. The summed E-state index contributed by atoms with van der Waals surface area (Å²) in [7, 11) is 0. The Morgan fingerprint density at radius 1 is 0.968 bits per heavy atom. The van der Waals surface area contributed by atoms with Crippen molar-refractivity contribution in [3.63, 3.8) is 0 Å². The van der Waals surface area contributed by atoms with Crippen LogP contribution in [-0.4, -0.2) is 9.59 Å². The van der Waals surface area contributed by atoms with Gasteiger partial charge in [-0.2, -0.15) is 0 Å². The van der Waals surface area contributed by atoms with Gasteiger partial charge in [-0.25, -0.2) is 4.39 Å². The van der Waals surface area contributed by atoms with E-state index in [0.29, 0.717) is 0 Å². The first-order valence-corrected chi connectivity index (χ1v) is 15.2. The molecular formula is C29H52FI. The summed E-state index contributed by atoms with van der Waals surface area (Å²) in [6.45, 7) is 8.48. The summed E-state index contributed by atoms with van der Waals surface area (Å²) in [6, 6.07) is 0. The Bertz CT molecular complexity index is 503. The maximum atomic E-state index is 14.3. The predicted molar refractivity (Wildman–Crippen MR) is 143 cm³/mol. The molecule has 0 radical (unpaired) electrons. The summed E-state index contributed by atoms with van der Waals surface area (Å²) in [5, 5.41) is 0. The second kappa shape index (κ2) is 11.9. The first-order chi connectivity index (χ1) is 14.7. The highest BCUT2D eigenvalue weighted by molar-refractivity contribution is 14.1. The lowest BCUT2D eigenvalue weighted by Crippen LogP contribution is -2.23. The fourth-order valence-electron chi connectivity index (χ4n) is 7.16. The van der Waals surface area contributed by atoms with Crippen LogP contribution >= 0.6 is 22.6 Å². The van der Waals surface area contributed by atoms with Gasteiger partial charge in [0.2, 0.25) is 0 Å². The molecule has 0 spiro atoms. The SMILES string of the molecule is CC1CCC(C[C@@H](C)CC(CCCC2(C3CCC(I)CC3)CC2)CCC(C)(C)F)CC1. The van der Waals surface area contributed by atoms with Gasteiger partial charge < -0.3 is 0 Å². The van der Waals surface area contributed by atoms with Gasteiger partial charge >= 0.3 is 0 Å². The lowest BCUT2D eigenvalue weighted by atomic mass is 9.74. The molecule has 3 fully saturated rings. The molecule has 0 aliphatic heterocycles. The van der Waals surface area contributed by atoms with Gasteiger partial charge in [-0.1, -0.05) is 75.0 Å². The minimum atomic E-state index is -1.00. The molecule has 0 saturated heterocycles. The molecular weight excluding hydrogens is 494 g/mol. The smallest absolute Gasteiger partial charge is 0.105 e. The zero-order valence-electron chi connectivity index (χ0n) is 21.2. The fourth-order valence-corrected chi connectivity index (χ4v) is 7.88. The molecule has 1 unspecified atom stereocenters. The highest BCUT2D eigenvalue weighted by Gasteiger charge is 2.48. The van der Waals surface area contributed by atoms with Crippen molar-refractivity contribution in [3.05, 3.63) is 0 Å². The number of alkyl halides is 2. The van der Waals surface area contributed by atoms with Crippen molar-refractivity contribution in [3.8, 4) is 0 Å². The summed E-state index contributed by atoms with van der Waals surface area (Å²) in [4.78, 5) is 0. The maximum Gasteiger partial charge on any atom is 0.105 e. The van der Waals surface area contributed by atoms with E-state index in [0.717, 1.165) is 51.8 Å². The van der Waals surface area contributed by atoms with Crippen molar-refractivity contribution in [1.29, 1.82) is 0 Å². The van der Waals surface area contributed by atoms with Gasteiger partial charge in [0, 0.05) is 3.92 Å². The van der Waals surface area contributed by atoms with Gasteiger partial charge in [0.15, 0.2) is 0 Å². The standard InChI is InChI=1S/C29H52FI/c1-22-7-9-25(10-8-22)21-23(2)20-24(15-17-28(3,4)30)6-5-16-29(18-19-29)26-11-13-27(31)14-12-26/h22-27H,5-21H2,1-4H3/t22?,23-,24?,25?,26?,27?/m0/s1. The van der Waals surface area contributed by atoms with Crippen LogP contribution in [-0.2, 0) is 0 Å². The van der Waals surface area contributed by atoms with Crippen LogP contribution in [0.25, 0.3) is 0 Å². The van der Waals surface area contributed by atoms with E-state index in [-0.39, 0.29) is 0 Å². The minimum absolute atomic E-state index is 0.727. The van der Waals surface area contributed by atoms with Gasteiger partial charge in [-0.05, 0) is 119 Å². The minimum Gasteiger partial charge on any atom is -0.245 e. The lowest BCUT2D eigenvalue weighted by Gasteiger charge is -2.33. The van der Waals surface area contributed by atoms with Gasteiger partial charge in [0.1, 0.15) is 5.67 Å². The molecule has 3 aliphatic carbocycles. The van der Waals surface area contributed by atoms with Gasteiger partial charge in [0.05, 0.1) is 0 Å². The van der Waals surface area contributed by atoms with E-state index in [2.05, 4.69) is 36.4 Å². The summed E-state index contributed by atoms with van der Waals surface area (Å²) in [5.41, 5.74) is -0.276. The van der Waals surface area contributed by atoms with Crippen molar-refractivity contribution in [2.45, 2.75) is 146 Å². The Kier molecular flexibility index (Phi) is 10.1. The molecule has 31 heavy (non-hydrogen) atoms. The number of halogens is 2. The van der Waals surface area contributed by atoms with E-state index in [1.165, 1.54) is 96.3 Å². The summed E-state index contributed by atoms with van der Waals surface area (Å²) in [5.74, 6) is 4.50. The van der Waals surface area contributed by atoms with Gasteiger partial charge in [0.25, 0.3) is 0 Å². The normalized spacial score (nSPS) is 33.1. The Hall–Kier alpha value is 0.660. The molecule has 0 nitrogen and oxygen atoms in total. The Labute approximate surface area is 207 Å². The molecule has 2 atom stereocenters. The molecule has 0 aromatic rings. The molecule has 2 heteroatoms. The molecule has 0 N–H and O–H groups in total. The van der Waals surface area contributed by atoms with Crippen LogP contribution < -0.4 is 0 Å². The maximum absolute atomic E-state index is 14.3. The lowest BCUT2D eigenvalue weighted by molar-refractivity contribution is 0.167. The second-order valence-corrected chi connectivity index (χ2v) is 14.8. The van der Waals surface area contributed by atoms with Crippen molar-refractivity contribution >= 4 is 22.6 Å². The van der Waals surface area contributed by atoms with E-state index in [4.69, 9.17) is 0 Å². The van der Waals surface area contributed by atoms with Crippen LogP contribution in [0.4, 0.5) is 4.39 Å². The average molecular weight is 547 g/mol. The zero-order chi connectivity index (χ0) is 22.5. The van der Waals surface area contributed by atoms with Crippen LogP contribution in [0, 0.1) is 35.0 Å². The van der Waals surface area contributed by atoms with E-state index in [1.807, 2.05) is 0 Å². The van der Waals surface area contributed by atoms with Crippen molar-refractivity contribution in [2.24, 2.45) is 35.0 Å². The first-order valence-electron chi connectivity index (χ1n) is 14.0. The molecule has 0 bridgehead atoms. The predicted octanol–water partition coefficient (Wildman–Crippen LogP) is 10.3. The molecule has 182 valence electrons. The van der Waals surface area contributed by atoms with E-state index >= 15 is 0 Å². The molecule has 3 rings (SSSR count). The van der Waals surface area contributed by atoms with E-state index in [9.17, 15) is 4.39 Å². The second-order valence-electron chi connectivity index (χ2n) is 13.0. The van der Waals surface area contributed by atoms with Crippen molar-refractivity contribution in [1.82, 2.24) is 0 Å². The Morgan fingerprint density at radius 3 is 2.19 bits per heavy atom. The third-order valence-corrected chi connectivity index (χ3v) is 10.7. The monoisotopic (exact) mass is 546 g/mol. The summed E-state index contributed by atoms with van der Waals surface area (Å²) >= 11 is 2.67. The number of rotatable bonds is 12. The van der Waals surface area contributed by atoms with Crippen LogP contribution in [0.1, 0.15) is 137 Å². The van der Waals surface area contributed by atoms with Crippen molar-refractivity contribution in [2.75, 3.05) is 0 Å². The number of hydrogen-bond acceptors (Lipinski definition) is 0. The average Bonchev–Trinajstić information content (AvgIpc) is 3.48. The highest BCUT2D eigenvalue weighted by Crippen LogP contribution is 2.60. The topological polar surface area (TPSA) is 0 Å². The van der Waals surface area contributed by atoms with Crippen LogP contribution in [0.15, 0.2) is 0 Å². The Balaban J connectivity index is 1.44. The molecule has 0 aromatic heterocycles. The van der Waals surface area contributed by atoms with Gasteiger partial charge in [-0.15, -0.1) is 0 Å². The van der Waals surface area contributed by atoms with Crippen LogP contribution in [0.5, 0.6) is 0 Å². The van der Waals surface area contributed by atoms with Crippen LogP contribution in [0.3, 0.4) is 0 Å². The van der Waals surface area contributed by atoms with Crippen LogP contribution in [0.2, 0.25) is 0 Å². The molecule has 0 heterocycles. The fraction of sp³-hybridized carbons (Fsp3) is 1.00. The third kappa shape index (κ3) is 9.08. The molecule has 0 amide bonds. The quantitative estimate of drug-likeness (QED) is 0.169. The highest BCUT2D eigenvalue weighted by atomic mass is 127. The number of hydrogen-bond donors (Lipinski definition) is 0. The van der Waals surface area contributed by atoms with E-state index in [1.54, 1.807) is 13.8 Å². The molecule has 3 saturated carbocycles. The molecule has 3 aliphatic rings. The molecule has 0 aromatic carbocycles. The van der Waals surface area contributed by atoms with Gasteiger partial charge in [-0.3, -0.25) is 0 Å². The largest absolute Gasteiger partial charge is 0.245 e.